The number of carbonyl (C=O) groups excluding carboxylic acids is 2. The molecule has 4 nitrogen and oxygen atoms in total. The lowest BCUT2D eigenvalue weighted by Gasteiger charge is -2.18. The summed E-state index contributed by atoms with van der Waals surface area (Å²) in [7, 11) is 0. The molecule has 0 aromatic rings. The Labute approximate surface area is 377 Å². The maximum Gasteiger partial charge on any atom is 0.306 e. The first kappa shape index (κ1) is 58.9. The first-order chi connectivity index (χ1) is 29.6. The summed E-state index contributed by atoms with van der Waals surface area (Å²) < 4.78 is 11.7. The molecule has 0 amide bonds. The molecule has 358 valence electrons. The van der Waals surface area contributed by atoms with Crippen LogP contribution in [0.1, 0.15) is 335 Å². The quantitative estimate of drug-likeness (QED) is 0.0452. The van der Waals surface area contributed by atoms with Gasteiger partial charge in [0.1, 0.15) is 6.10 Å². The third kappa shape index (κ3) is 49.6. The van der Waals surface area contributed by atoms with Crippen molar-refractivity contribution < 1.29 is 19.1 Å². The number of ether oxygens (including phenoxy) is 2. The Bertz CT molecular complexity index is 826. The second-order valence-electron chi connectivity index (χ2n) is 19.3. The minimum atomic E-state index is -0.00292. The van der Waals surface area contributed by atoms with E-state index in [1.165, 1.54) is 244 Å². The second kappa shape index (κ2) is 52.3. The summed E-state index contributed by atoms with van der Waals surface area (Å²) in [4.78, 5) is 25.0. The van der Waals surface area contributed by atoms with Crippen molar-refractivity contribution in [2.45, 2.75) is 341 Å². The maximum atomic E-state index is 12.9. The zero-order valence-corrected chi connectivity index (χ0v) is 41.6. The summed E-state index contributed by atoms with van der Waals surface area (Å²) in [6, 6.07) is 0. The van der Waals surface area contributed by atoms with Crippen molar-refractivity contribution in [1.29, 1.82) is 0 Å². The molecule has 1 unspecified atom stereocenters. The van der Waals surface area contributed by atoms with Crippen LogP contribution < -0.4 is 0 Å². The summed E-state index contributed by atoms with van der Waals surface area (Å²) in [5.41, 5.74) is 0. The molecule has 0 rings (SSSR count). The van der Waals surface area contributed by atoms with E-state index in [4.69, 9.17) is 9.47 Å². The topological polar surface area (TPSA) is 52.6 Å². The van der Waals surface area contributed by atoms with E-state index in [9.17, 15) is 9.59 Å². The minimum Gasteiger partial charge on any atom is -0.466 e. The van der Waals surface area contributed by atoms with Gasteiger partial charge in [0.05, 0.1) is 6.61 Å². The van der Waals surface area contributed by atoms with Gasteiger partial charge in [0, 0.05) is 12.8 Å². The fraction of sp³-hybridized carbons (Fsp3) is 0.964. The van der Waals surface area contributed by atoms with E-state index in [-0.39, 0.29) is 18.0 Å². The van der Waals surface area contributed by atoms with E-state index in [0.29, 0.717) is 19.4 Å². The lowest BCUT2D eigenvalue weighted by Crippen LogP contribution is -2.18. The molecule has 0 fully saturated rings. The molecule has 0 saturated carbocycles. The minimum absolute atomic E-state index is 0.00292. The van der Waals surface area contributed by atoms with Crippen LogP contribution in [0.3, 0.4) is 0 Å². The molecular formula is C56H110O4. The predicted molar refractivity (Wildman–Crippen MR) is 264 cm³/mol. The van der Waals surface area contributed by atoms with Crippen molar-refractivity contribution in [3.8, 4) is 0 Å². The van der Waals surface area contributed by atoms with Crippen LogP contribution in [0.2, 0.25) is 0 Å². The Hall–Kier alpha value is -1.06. The molecule has 0 aromatic heterocycles. The molecule has 0 N–H and O–H groups in total. The molecule has 1 atom stereocenters. The summed E-state index contributed by atoms with van der Waals surface area (Å²) in [5.74, 6) is 0.0385. The van der Waals surface area contributed by atoms with Gasteiger partial charge in [-0.2, -0.15) is 0 Å². The average Bonchev–Trinajstić information content (AvgIpc) is 3.25. The molecule has 0 aromatic carbocycles. The fourth-order valence-corrected chi connectivity index (χ4v) is 8.91. The largest absolute Gasteiger partial charge is 0.466 e. The van der Waals surface area contributed by atoms with E-state index in [2.05, 4.69) is 20.8 Å². The van der Waals surface area contributed by atoms with Gasteiger partial charge in [-0.05, 0) is 44.9 Å². The summed E-state index contributed by atoms with van der Waals surface area (Å²) in [6.45, 7) is 7.44. The van der Waals surface area contributed by atoms with Gasteiger partial charge < -0.3 is 9.47 Å². The molecule has 0 aliphatic heterocycles. The number of rotatable bonds is 52. The van der Waals surface area contributed by atoms with Crippen molar-refractivity contribution in [2.24, 2.45) is 0 Å². The van der Waals surface area contributed by atoms with Gasteiger partial charge in [-0.25, -0.2) is 0 Å². The van der Waals surface area contributed by atoms with Gasteiger partial charge in [0.25, 0.3) is 0 Å². The highest BCUT2D eigenvalue weighted by Crippen LogP contribution is 2.20. The normalized spacial score (nSPS) is 12.0. The van der Waals surface area contributed by atoms with Crippen molar-refractivity contribution in [1.82, 2.24) is 0 Å². The first-order valence-corrected chi connectivity index (χ1v) is 28.0. The highest BCUT2D eigenvalue weighted by molar-refractivity contribution is 5.69. The second-order valence-corrected chi connectivity index (χ2v) is 19.3. The maximum absolute atomic E-state index is 12.9. The highest BCUT2D eigenvalue weighted by Gasteiger charge is 2.14. The summed E-state index contributed by atoms with van der Waals surface area (Å²) in [5, 5.41) is 0. The molecule has 0 spiro atoms. The van der Waals surface area contributed by atoms with Crippen LogP contribution in [-0.4, -0.2) is 24.6 Å². The number of hydrogen-bond acceptors (Lipinski definition) is 4. The number of esters is 2. The molecule has 0 aliphatic carbocycles. The Morgan fingerprint density at radius 1 is 0.283 bits per heavy atom. The molecular weight excluding hydrogens is 737 g/mol. The van der Waals surface area contributed by atoms with Crippen molar-refractivity contribution in [2.75, 3.05) is 6.61 Å². The molecule has 0 saturated heterocycles. The Kier molecular flexibility index (Phi) is 51.4. The summed E-state index contributed by atoms with van der Waals surface area (Å²) >= 11 is 0. The Morgan fingerprint density at radius 3 is 0.817 bits per heavy atom. The van der Waals surface area contributed by atoms with Crippen molar-refractivity contribution in [3.05, 3.63) is 0 Å². The zero-order chi connectivity index (χ0) is 43.5. The monoisotopic (exact) mass is 847 g/mol. The van der Waals surface area contributed by atoms with E-state index in [1.807, 2.05) is 0 Å². The van der Waals surface area contributed by atoms with E-state index in [0.717, 1.165) is 57.8 Å². The van der Waals surface area contributed by atoms with Gasteiger partial charge in [-0.3, -0.25) is 9.59 Å². The van der Waals surface area contributed by atoms with Crippen molar-refractivity contribution in [3.63, 3.8) is 0 Å². The molecule has 0 heterocycles. The summed E-state index contributed by atoms with van der Waals surface area (Å²) in [6.07, 6.45) is 62.5. The van der Waals surface area contributed by atoms with Gasteiger partial charge in [-0.1, -0.05) is 278 Å². The van der Waals surface area contributed by atoms with Gasteiger partial charge in [-0.15, -0.1) is 0 Å². The van der Waals surface area contributed by atoms with Crippen LogP contribution >= 0.6 is 0 Å². The standard InChI is InChI=1S/C56H110O4/c1-4-7-10-13-16-19-21-23-25-27-29-32-35-41-46-51-55(57)59-53-48-43-38-37-40-45-50-54(49-44-39-34-31-18-15-12-9-6-3)60-56(58)52-47-42-36-33-30-28-26-24-22-20-17-14-11-8-5-2/h54H,4-53H2,1-3H3. The van der Waals surface area contributed by atoms with Crippen LogP contribution in [-0.2, 0) is 19.1 Å². The fourth-order valence-electron chi connectivity index (χ4n) is 8.91. The first-order valence-electron chi connectivity index (χ1n) is 28.0. The Balaban J connectivity index is 3.94. The van der Waals surface area contributed by atoms with Crippen LogP contribution in [0.25, 0.3) is 0 Å². The number of unbranched alkanes of at least 4 members (excludes halogenated alkanes) is 41. The van der Waals surface area contributed by atoms with Crippen LogP contribution in [0.4, 0.5) is 0 Å². The molecule has 4 heteroatoms. The van der Waals surface area contributed by atoms with Gasteiger partial charge in [0.2, 0.25) is 0 Å². The molecule has 0 aliphatic rings. The number of carbonyl (C=O) groups is 2. The zero-order valence-electron chi connectivity index (χ0n) is 41.6. The molecule has 60 heavy (non-hydrogen) atoms. The predicted octanol–water partition coefficient (Wildman–Crippen LogP) is 19.6. The van der Waals surface area contributed by atoms with Crippen LogP contribution in [0, 0.1) is 0 Å². The lowest BCUT2D eigenvalue weighted by molar-refractivity contribution is -0.150. The third-order valence-electron chi connectivity index (χ3n) is 13.1. The van der Waals surface area contributed by atoms with Gasteiger partial charge >= 0.3 is 11.9 Å². The smallest absolute Gasteiger partial charge is 0.306 e. The lowest BCUT2D eigenvalue weighted by atomic mass is 10.0. The molecule has 0 radical (unpaired) electrons. The molecule has 0 bridgehead atoms. The average molecular weight is 847 g/mol. The highest BCUT2D eigenvalue weighted by atomic mass is 16.5. The SMILES string of the molecule is CCCCCCCCCCCCCCCCCC(=O)OCCCCCCCCC(CCCCCCCCCCC)OC(=O)CCCCCCCCCCCCCCCCC. The van der Waals surface area contributed by atoms with Gasteiger partial charge in [0.15, 0.2) is 0 Å². The van der Waals surface area contributed by atoms with E-state index in [1.54, 1.807) is 0 Å². The van der Waals surface area contributed by atoms with Crippen LogP contribution in [0.15, 0.2) is 0 Å². The van der Waals surface area contributed by atoms with E-state index >= 15 is 0 Å². The van der Waals surface area contributed by atoms with Crippen molar-refractivity contribution >= 4 is 11.9 Å². The Morgan fingerprint density at radius 2 is 0.517 bits per heavy atom. The number of hydrogen-bond donors (Lipinski definition) is 0. The van der Waals surface area contributed by atoms with Crippen LogP contribution in [0.5, 0.6) is 0 Å². The van der Waals surface area contributed by atoms with E-state index < -0.39 is 0 Å². The third-order valence-corrected chi connectivity index (χ3v) is 13.1.